The van der Waals surface area contributed by atoms with Crippen LogP contribution in [0.15, 0.2) is 23.2 Å². The number of hydrogen-bond donors (Lipinski definition) is 0. The van der Waals surface area contributed by atoms with E-state index in [1.54, 1.807) is 29.9 Å². The van der Waals surface area contributed by atoms with Gasteiger partial charge in [-0.05, 0) is 22.9 Å². The van der Waals surface area contributed by atoms with E-state index in [0.717, 1.165) is 0 Å². The molecule has 0 N–H and O–H groups in total. The van der Waals surface area contributed by atoms with Gasteiger partial charge in [0.2, 0.25) is 0 Å². The number of rotatable bonds is 2. The summed E-state index contributed by atoms with van der Waals surface area (Å²) in [5, 5.41) is 0. The van der Waals surface area contributed by atoms with Gasteiger partial charge in [0.15, 0.2) is 11.3 Å². The number of imidazole rings is 1. The standard InChI is InChI=1S/C9H8BrN3O2/c1-2-15-9(14)6-4-13-5-7(10)11-3-8(13)12-6/h3-5H,2H2,1H3. The molecule has 0 unspecified atom stereocenters. The summed E-state index contributed by atoms with van der Waals surface area (Å²) in [5.41, 5.74) is 0.901. The molecular formula is C9H8BrN3O2. The first-order valence-electron chi connectivity index (χ1n) is 4.38. The average Bonchev–Trinajstić information content (AvgIpc) is 2.60. The third kappa shape index (κ3) is 1.99. The maximum atomic E-state index is 11.4. The molecule has 15 heavy (non-hydrogen) atoms. The summed E-state index contributed by atoms with van der Waals surface area (Å²) in [4.78, 5) is 19.5. The normalized spacial score (nSPS) is 10.5. The Morgan fingerprint density at radius 3 is 3.13 bits per heavy atom. The molecule has 2 rings (SSSR count). The van der Waals surface area contributed by atoms with E-state index in [1.807, 2.05) is 0 Å². The van der Waals surface area contributed by atoms with Crippen molar-refractivity contribution < 1.29 is 9.53 Å². The Labute approximate surface area is 94.2 Å². The van der Waals surface area contributed by atoms with Gasteiger partial charge in [0.05, 0.1) is 12.8 Å². The average molecular weight is 270 g/mol. The van der Waals surface area contributed by atoms with E-state index in [0.29, 0.717) is 16.9 Å². The van der Waals surface area contributed by atoms with Crippen LogP contribution < -0.4 is 0 Å². The molecule has 0 fully saturated rings. The minimum absolute atomic E-state index is 0.289. The highest BCUT2D eigenvalue weighted by Gasteiger charge is 2.11. The number of ether oxygens (including phenoxy) is 1. The van der Waals surface area contributed by atoms with Gasteiger partial charge in [-0.2, -0.15) is 0 Å². The summed E-state index contributed by atoms with van der Waals surface area (Å²) in [6, 6.07) is 0. The first-order chi connectivity index (χ1) is 7.20. The predicted octanol–water partition coefficient (Wildman–Crippen LogP) is 1.67. The molecule has 6 heteroatoms. The third-order valence-corrected chi connectivity index (χ3v) is 2.20. The minimum Gasteiger partial charge on any atom is -0.461 e. The number of carbonyl (C=O) groups excluding carboxylic acids is 1. The van der Waals surface area contributed by atoms with Gasteiger partial charge in [0.1, 0.15) is 4.60 Å². The molecule has 0 bridgehead atoms. The highest BCUT2D eigenvalue weighted by atomic mass is 79.9. The van der Waals surface area contributed by atoms with Crippen molar-refractivity contribution in [3.05, 3.63) is 28.9 Å². The maximum absolute atomic E-state index is 11.4. The van der Waals surface area contributed by atoms with Gasteiger partial charge in [0.25, 0.3) is 0 Å². The topological polar surface area (TPSA) is 56.5 Å². The van der Waals surface area contributed by atoms with Gasteiger partial charge in [-0.3, -0.25) is 0 Å². The smallest absolute Gasteiger partial charge is 0.358 e. The molecule has 0 aromatic carbocycles. The van der Waals surface area contributed by atoms with Crippen LogP contribution in [0.3, 0.4) is 0 Å². The van der Waals surface area contributed by atoms with Gasteiger partial charge in [-0.25, -0.2) is 14.8 Å². The van der Waals surface area contributed by atoms with Crippen LogP contribution in [0.5, 0.6) is 0 Å². The molecule has 2 aromatic rings. The van der Waals surface area contributed by atoms with Gasteiger partial charge in [-0.1, -0.05) is 0 Å². The van der Waals surface area contributed by atoms with E-state index < -0.39 is 5.97 Å². The minimum atomic E-state index is -0.419. The number of hydrogen-bond acceptors (Lipinski definition) is 4. The lowest BCUT2D eigenvalue weighted by Gasteiger charge is -1.95. The number of nitrogens with zero attached hydrogens (tertiary/aromatic N) is 3. The Balaban J connectivity index is 2.42. The molecule has 78 valence electrons. The zero-order chi connectivity index (χ0) is 10.8. The van der Waals surface area contributed by atoms with Crippen molar-refractivity contribution in [2.45, 2.75) is 6.92 Å². The van der Waals surface area contributed by atoms with Crippen molar-refractivity contribution in [3.63, 3.8) is 0 Å². The van der Waals surface area contributed by atoms with E-state index in [-0.39, 0.29) is 5.69 Å². The van der Waals surface area contributed by atoms with Crippen LogP contribution >= 0.6 is 15.9 Å². The van der Waals surface area contributed by atoms with Crippen LogP contribution in [0, 0.1) is 0 Å². The van der Waals surface area contributed by atoms with Crippen LogP contribution in [0.4, 0.5) is 0 Å². The van der Waals surface area contributed by atoms with Crippen molar-refractivity contribution >= 4 is 27.5 Å². The van der Waals surface area contributed by atoms with Crippen LogP contribution in [0.25, 0.3) is 5.65 Å². The van der Waals surface area contributed by atoms with Gasteiger partial charge >= 0.3 is 5.97 Å². The second-order valence-corrected chi connectivity index (χ2v) is 3.63. The summed E-state index contributed by atoms with van der Waals surface area (Å²) in [6.07, 6.45) is 4.91. The molecular weight excluding hydrogens is 262 g/mol. The monoisotopic (exact) mass is 269 g/mol. The van der Waals surface area contributed by atoms with E-state index in [1.165, 1.54) is 0 Å². The fraction of sp³-hybridized carbons (Fsp3) is 0.222. The quantitative estimate of drug-likeness (QED) is 0.779. The Bertz CT molecular complexity index is 509. The molecule has 0 aliphatic rings. The molecule has 0 spiro atoms. The lowest BCUT2D eigenvalue weighted by Crippen LogP contribution is -2.04. The number of aromatic nitrogens is 3. The van der Waals surface area contributed by atoms with E-state index in [4.69, 9.17) is 4.74 Å². The fourth-order valence-corrected chi connectivity index (χ4v) is 1.50. The van der Waals surface area contributed by atoms with E-state index in [9.17, 15) is 4.79 Å². The largest absolute Gasteiger partial charge is 0.461 e. The number of fused-ring (bicyclic) bond motifs is 1. The highest BCUT2D eigenvalue weighted by molar-refractivity contribution is 9.10. The van der Waals surface area contributed by atoms with Crippen LogP contribution in [-0.4, -0.2) is 26.9 Å². The SMILES string of the molecule is CCOC(=O)c1cn2cc(Br)ncc2n1. The Morgan fingerprint density at radius 1 is 1.60 bits per heavy atom. The molecule has 0 aliphatic heterocycles. The maximum Gasteiger partial charge on any atom is 0.358 e. The summed E-state index contributed by atoms with van der Waals surface area (Å²) < 4.78 is 7.24. The summed E-state index contributed by atoms with van der Waals surface area (Å²) >= 11 is 3.23. The van der Waals surface area contributed by atoms with E-state index >= 15 is 0 Å². The molecule has 0 saturated carbocycles. The lowest BCUT2D eigenvalue weighted by atomic mass is 10.5. The predicted molar refractivity (Wildman–Crippen MR) is 56.6 cm³/mol. The Hall–Kier alpha value is -1.43. The van der Waals surface area contributed by atoms with Gasteiger partial charge in [-0.15, -0.1) is 0 Å². The highest BCUT2D eigenvalue weighted by Crippen LogP contribution is 2.09. The van der Waals surface area contributed by atoms with Crippen LogP contribution in [0.2, 0.25) is 0 Å². The van der Waals surface area contributed by atoms with Crippen molar-refractivity contribution in [1.29, 1.82) is 0 Å². The Kier molecular flexibility index (Phi) is 2.68. The molecule has 2 aromatic heterocycles. The van der Waals surface area contributed by atoms with Crippen molar-refractivity contribution in [2.75, 3.05) is 6.61 Å². The van der Waals surface area contributed by atoms with Crippen LogP contribution in [0.1, 0.15) is 17.4 Å². The molecule has 5 nitrogen and oxygen atoms in total. The molecule has 0 radical (unpaired) electrons. The second kappa shape index (κ2) is 3.98. The first kappa shape index (κ1) is 10.1. The number of carbonyl (C=O) groups is 1. The third-order valence-electron chi connectivity index (χ3n) is 1.79. The zero-order valence-electron chi connectivity index (χ0n) is 7.98. The summed E-state index contributed by atoms with van der Waals surface area (Å²) in [5.74, 6) is -0.419. The first-order valence-corrected chi connectivity index (χ1v) is 5.17. The number of halogens is 1. The molecule has 0 aliphatic carbocycles. The van der Waals surface area contributed by atoms with Crippen molar-refractivity contribution in [2.24, 2.45) is 0 Å². The zero-order valence-corrected chi connectivity index (χ0v) is 9.56. The molecule has 0 atom stereocenters. The van der Waals surface area contributed by atoms with E-state index in [2.05, 4.69) is 25.9 Å². The van der Waals surface area contributed by atoms with Gasteiger partial charge in [0, 0.05) is 12.4 Å². The summed E-state index contributed by atoms with van der Waals surface area (Å²) in [7, 11) is 0. The molecule has 2 heterocycles. The number of esters is 1. The fourth-order valence-electron chi connectivity index (χ4n) is 1.18. The van der Waals surface area contributed by atoms with Crippen molar-refractivity contribution in [3.8, 4) is 0 Å². The van der Waals surface area contributed by atoms with Gasteiger partial charge < -0.3 is 9.14 Å². The molecule has 0 saturated heterocycles. The lowest BCUT2D eigenvalue weighted by molar-refractivity contribution is 0.0520. The summed E-state index contributed by atoms with van der Waals surface area (Å²) in [6.45, 7) is 2.10. The van der Waals surface area contributed by atoms with Crippen molar-refractivity contribution in [1.82, 2.24) is 14.4 Å². The Morgan fingerprint density at radius 2 is 2.40 bits per heavy atom. The second-order valence-electron chi connectivity index (χ2n) is 2.82. The van der Waals surface area contributed by atoms with Crippen LogP contribution in [-0.2, 0) is 4.74 Å². The molecule has 0 amide bonds.